The number of ether oxygens (including phenoxy) is 1. The molecule has 1 amide bonds. The number of carbonyl (C=O) groups is 1. The van der Waals surface area contributed by atoms with Crippen LogP contribution < -0.4 is 10.6 Å². The summed E-state index contributed by atoms with van der Waals surface area (Å²) >= 11 is 0. The molecular formula is C26H30N6O2. The van der Waals surface area contributed by atoms with E-state index in [2.05, 4.69) is 26.9 Å². The Bertz CT molecular complexity index is 1260. The SMILES string of the molecule is CNc1cc2c(N[C@H](C)c3cccc(C#N)c3C)nnc(C)c2cc1C(=O)N1CCCOCC1. The number of aryl methyl sites for hydroxylation is 1. The van der Waals surface area contributed by atoms with Crippen LogP contribution in [0.25, 0.3) is 10.8 Å². The van der Waals surface area contributed by atoms with E-state index in [9.17, 15) is 10.1 Å². The molecular weight excluding hydrogens is 428 g/mol. The topological polar surface area (TPSA) is 103 Å². The van der Waals surface area contributed by atoms with Gasteiger partial charge < -0.3 is 20.3 Å². The van der Waals surface area contributed by atoms with E-state index >= 15 is 0 Å². The zero-order chi connectivity index (χ0) is 24.2. The molecule has 1 atom stereocenters. The van der Waals surface area contributed by atoms with Gasteiger partial charge in [0.1, 0.15) is 0 Å². The van der Waals surface area contributed by atoms with E-state index in [0.717, 1.165) is 39.7 Å². The molecule has 0 aliphatic carbocycles. The van der Waals surface area contributed by atoms with Crippen LogP contribution in [0.3, 0.4) is 0 Å². The van der Waals surface area contributed by atoms with Crippen molar-refractivity contribution >= 4 is 28.2 Å². The molecule has 3 aromatic rings. The second-order valence-electron chi connectivity index (χ2n) is 8.58. The summed E-state index contributed by atoms with van der Waals surface area (Å²) in [7, 11) is 1.82. The van der Waals surface area contributed by atoms with Crippen molar-refractivity contribution in [3.05, 3.63) is 58.3 Å². The molecule has 0 bridgehead atoms. The van der Waals surface area contributed by atoms with Crippen LogP contribution in [0.4, 0.5) is 11.5 Å². The normalized spacial score (nSPS) is 14.9. The van der Waals surface area contributed by atoms with Crippen LogP contribution >= 0.6 is 0 Å². The van der Waals surface area contributed by atoms with Gasteiger partial charge in [0.15, 0.2) is 5.82 Å². The minimum absolute atomic E-state index is 0.0141. The third kappa shape index (κ3) is 4.52. The molecule has 0 radical (unpaired) electrons. The Morgan fingerprint density at radius 1 is 1.18 bits per heavy atom. The predicted molar refractivity (Wildman–Crippen MR) is 133 cm³/mol. The first-order valence-electron chi connectivity index (χ1n) is 11.6. The Morgan fingerprint density at radius 3 is 2.76 bits per heavy atom. The van der Waals surface area contributed by atoms with Gasteiger partial charge in [-0.3, -0.25) is 4.79 Å². The minimum atomic E-state index is -0.0926. The van der Waals surface area contributed by atoms with Gasteiger partial charge in [0, 0.05) is 43.2 Å². The van der Waals surface area contributed by atoms with Crippen LogP contribution in [-0.2, 0) is 4.74 Å². The van der Waals surface area contributed by atoms with E-state index in [1.807, 2.05) is 63.1 Å². The van der Waals surface area contributed by atoms with Crippen molar-refractivity contribution in [2.45, 2.75) is 33.2 Å². The van der Waals surface area contributed by atoms with Crippen molar-refractivity contribution in [3.63, 3.8) is 0 Å². The van der Waals surface area contributed by atoms with Gasteiger partial charge in [-0.1, -0.05) is 12.1 Å². The molecule has 176 valence electrons. The lowest BCUT2D eigenvalue weighted by molar-refractivity contribution is 0.0742. The molecule has 2 aromatic carbocycles. The number of benzene rings is 2. The van der Waals surface area contributed by atoms with Gasteiger partial charge in [0.2, 0.25) is 0 Å². The van der Waals surface area contributed by atoms with Gasteiger partial charge in [0.25, 0.3) is 5.91 Å². The lowest BCUT2D eigenvalue weighted by Gasteiger charge is -2.23. The van der Waals surface area contributed by atoms with E-state index in [1.165, 1.54) is 0 Å². The van der Waals surface area contributed by atoms with Crippen LogP contribution in [0.15, 0.2) is 30.3 Å². The second-order valence-corrected chi connectivity index (χ2v) is 8.58. The lowest BCUT2D eigenvalue weighted by atomic mass is 9.98. The Morgan fingerprint density at radius 2 is 2.00 bits per heavy atom. The van der Waals surface area contributed by atoms with Gasteiger partial charge in [-0.15, -0.1) is 5.10 Å². The molecule has 0 saturated carbocycles. The van der Waals surface area contributed by atoms with Crippen LogP contribution in [0.2, 0.25) is 0 Å². The number of carbonyl (C=O) groups excluding carboxylic acids is 1. The van der Waals surface area contributed by atoms with E-state index in [4.69, 9.17) is 4.74 Å². The number of amides is 1. The van der Waals surface area contributed by atoms with E-state index in [1.54, 1.807) is 0 Å². The number of nitrogens with one attached hydrogen (secondary N) is 2. The van der Waals surface area contributed by atoms with Crippen LogP contribution in [-0.4, -0.2) is 54.4 Å². The van der Waals surface area contributed by atoms with E-state index in [-0.39, 0.29) is 11.9 Å². The molecule has 4 rings (SSSR count). The third-order valence-corrected chi connectivity index (χ3v) is 6.43. The van der Waals surface area contributed by atoms with Crippen LogP contribution in [0.1, 0.15) is 52.1 Å². The highest BCUT2D eigenvalue weighted by Crippen LogP contribution is 2.32. The summed E-state index contributed by atoms with van der Waals surface area (Å²) in [6.45, 7) is 8.38. The fourth-order valence-electron chi connectivity index (χ4n) is 4.46. The number of nitrogens with zero attached hydrogens (tertiary/aromatic N) is 4. The monoisotopic (exact) mass is 458 g/mol. The zero-order valence-corrected chi connectivity index (χ0v) is 20.1. The van der Waals surface area contributed by atoms with Gasteiger partial charge in [-0.25, -0.2) is 0 Å². The van der Waals surface area contributed by atoms with Gasteiger partial charge >= 0.3 is 0 Å². The van der Waals surface area contributed by atoms with Gasteiger partial charge in [-0.2, -0.15) is 10.4 Å². The van der Waals surface area contributed by atoms with Crippen molar-refractivity contribution in [2.75, 3.05) is 44.0 Å². The molecule has 1 aromatic heterocycles. The summed E-state index contributed by atoms with van der Waals surface area (Å²) in [5, 5.41) is 26.6. The Hall–Kier alpha value is -3.70. The highest BCUT2D eigenvalue weighted by atomic mass is 16.5. The molecule has 2 heterocycles. The van der Waals surface area contributed by atoms with Crippen molar-refractivity contribution in [1.82, 2.24) is 15.1 Å². The Labute approximate surface area is 199 Å². The third-order valence-electron chi connectivity index (χ3n) is 6.43. The molecule has 0 unspecified atom stereocenters. The summed E-state index contributed by atoms with van der Waals surface area (Å²) in [5.41, 5.74) is 4.74. The molecule has 1 aliphatic heterocycles. The first kappa shape index (κ1) is 23.5. The number of nitriles is 1. The molecule has 8 nitrogen and oxygen atoms in total. The van der Waals surface area contributed by atoms with Crippen molar-refractivity contribution in [2.24, 2.45) is 0 Å². The number of rotatable bonds is 5. The maximum Gasteiger partial charge on any atom is 0.256 e. The first-order chi connectivity index (χ1) is 16.4. The molecule has 34 heavy (non-hydrogen) atoms. The second kappa shape index (κ2) is 10.1. The average Bonchev–Trinajstić information content (AvgIpc) is 3.14. The van der Waals surface area contributed by atoms with E-state index < -0.39 is 0 Å². The fourth-order valence-corrected chi connectivity index (χ4v) is 4.46. The first-order valence-corrected chi connectivity index (χ1v) is 11.6. The van der Waals surface area contributed by atoms with Crippen molar-refractivity contribution < 1.29 is 9.53 Å². The number of aromatic nitrogens is 2. The summed E-state index contributed by atoms with van der Waals surface area (Å²) in [6, 6.07) is 11.8. The number of anilines is 2. The smallest absolute Gasteiger partial charge is 0.256 e. The number of fused-ring (bicyclic) bond motifs is 1. The minimum Gasteiger partial charge on any atom is -0.387 e. The Kier molecular flexibility index (Phi) is 6.94. The Balaban J connectivity index is 1.73. The largest absolute Gasteiger partial charge is 0.387 e. The van der Waals surface area contributed by atoms with E-state index in [0.29, 0.717) is 43.2 Å². The molecule has 1 saturated heterocycles. The van der Waals surface area contributed by atoms with Gasteiger partial charge in [-0.05, 0) is 56.5 Å². The lowest BCUT2D eigenvalue weighted by Crippen LogP contribution is -2.33. The standard InChI is InChI=1S/C26H30N6O2/c1-16-19(15-27)7-5-8-20(16)17(2)29-25-22-14-24(28-4)23(13-21(22)18(3)30-31-25)26(33)32-9-6-11-34-12-10-32/h5,7-8,13-14,17,28H,6,9-12H2,1-4H3,(H,29,31)/t17-/m1/s1. The van der Waals surface area contributed by atoms with Crippen LogP contribution in [0, 0.1) is 25.2 Å². The number of hydrogen-bond acceptors (Lipinski definition) is 7. The molecule has 1 fully saturated rings. The summed E-state index contributed by atoms with van der Waals surface area (Å²) < 4.78 is 5.51. The maximum atomic E-state index is 13.4. The average molecular weight is 459 g/mol. The van der Waals surface area contributed by atoms with Crippen molar-refractivity contribution in [1.29, 1.82) is 5.26 Å². The highest BCUT2D eigenvalue weighted by molar-refractivity contribution is 6.06. The molecule has 8 heteroatoms. The molecule has 1 aliphatic rings. The summed E-state index contributed by atoms with van der Waals surface area (Å²) in [4.78, 5) is 15.2. The molecule has 2 N–H and O–H groups in total. The fraction of sp³-hybridized carbons (Fsp3) is 0.385. The molecule has 0 spiro atoms. The predicted octanol–water partition coefficient (Wildman–Crippen LogP) is 4.20. The van der Waals surface area contributed by atoms with Crippen molar-refractivity contribution in [3.8, 4) is 6.07 Å². The maximum absolute atomic E-state index is 13.4. The van der Waals surface area contributed by atoms with Crippen LogP contribution in [0.5, 0.6) is 0 Å². The number of hydrogen-bond donors (Lipinski definition) is 2. The zero-order valence-electron chi connectivity index (χ0n) is 20.1. The quantitative estimate of drug-likeness (QED) is 0.591. The summed E-state index contributed by atoms with van der Waals surface area (Å²) in [5.74, 6) is 0.619. The van der Waals surface area contributed by atoms with Gasteiger partial charge in [0.05, 0.1) is 35.5 Å². The highest BCUT2D eigenvalue weighted by Gasteiger charge is 2.23. The summed E-state index contributed by atoms with van der Waals surface area (Å²) in [6.07, 6.45) is 0.830.